The molecule has 1 heteroatoms. The van der Waals surface area contributed by atoms with Crippen LogP contribution in [0.4, 0.5) is 17.1 Å². The number of rotatable bonds is 8. The van der Waals surface area contributed by atoms with E-state index >= 15 is 0 Å². The lowest BCUT2D eigenvalue weighted by molar-refractivity contribution is 0.793. The fourth-order valence-corrected chi connectivity index (χ4v) is 11.5. The average molecular weight is 864 g/mol. The first kappa shape index (κ1) is 39.6. The molecule has 0 bridgehead atoms. The third-order valence-electron chi connectivity index (χ3n) is 14.3. The van der Waals surface area contributed by atoms with E-state index in [2.05, 4.69) is 278 Å². The van der Waals surface area contributed by atoms with Crippen molar-refractivity contribution in [1.29, 1.82) is 0 Å². The van der Waals surface area contributed by atoms with Crippen molar-refractivity contribution in [2.24, 2.45) is 0 Å². The third-order valence-corrected chi connectivity index (χ3v) is 14.3. The molecule has 11 aromatic carbocycles. The number of nitrogens with zero attached hydrogens (tertiary/aromatic N) is 1. The Hall–Kier alpha value is -8.78. The van der Waals surface area contributed by atoms with E-state index in [0.29, 0.717) is 0 Å². The van der Waals surface area contributed by atoms with E-state index in [1.165, 1.54) is 94.6 Å². The minimum Gasteiger partial charge on any atom is -0.310 e. The van der Waals surface area contributed by atoms with Gasteiger partial charge in [-0.05, 0) is 125 Å². The van der Waals surface area contributed by atoms with Gasteiger partial charge in [-0.25, -0.2) is 0 Å². The number of benzene rings is 11. The van der Waals surface area contributed by atoms with Crippen LogP contribution < -0.4 is 4.90 Å². The lowest BCUT2D eigenvalue weighted by Gasteiger charge is -2.32. The first-order valence-corrected chi connectivity index (χ1v) is 23.6. The van der Waals surface area contributed by atoms with E-state index in [0.717, 1.165) is 22.6 Å². The van der Waals surface area contributed by atoms with Crippen molar-refractivity contribution >= 4 is 17.1 Å². The first-order chi connectivity index (χ1) is 33.8. The summed E-state index contributed by atoms with van der Waals surface area (Å²) in [6.07, 6.45) is 0. The molecular formula is C67H45N. The maximum absolute atomic E-state index is 2.49. The summed E-state index contributed by atoms with van der Waals surface area (Å²) in [6.45, 7) is 0. The molecule has 11 aromatic rings. The number of fused-ring (bicyclic) bond motifs is 10. The molecular weight excluding hydrogens is 819 g/mol. The highest BCUT2D eigenvalue weighted by molar-refractivity contribution is 6.01. The predicted molar refractivity (Wildman–Crippen MR) is 285 cm³/mol. The molecule has 318 valence electrons. The van der Waals surface area contributed by atoms with E-state index in [4.69, 9.17) is 0 Å². The van der Waals surface area contributed by atoms with Crippen LogP contribution in [-0.2, 0) is 5.41 Å². The lowest BCUT2D eigenvalue weighted by Crippen LogP contribution is -2.26. The number of para-hydroxylation sites is 1. The third kappa shape index (κ3) is 6.17. The Kier molecular flexibility index (Phi) is 9.47. The number of hydrogen-bond donors (Lipinski definition) is 0. The molecule has 0 saturated heterocycles. The molecule has 68 heavy (non-hydrogen) atoms. The van der Waals surface area contributed by atoms with Crippen LogP contribution in [-0.4, -0.2) is 0 Å². The zero-order chi connectivity index (χ0) is 45.0. The molecule has 1 spiro atoms. The largest absolute Gasteiger partial charge is 0.310 e. The minimum absolute atomic E-state index is 0.459. The quantitative estimate of drug-likeness (QED) is 0.147. The standard InChI is InChI=1S/C67H45N/c1-4-21-46(22-5-1)52-27-10-11-32-60(52)66-54(48-25-8-3-9-26-48)33-20-34-55(66)49-39-41-50(42-40-49)68(65-38-19-15-28-53(65)47-23-6-2-7-24-47)51-43-44-59-58-31-14-18-37-63(58)67(64(59)45-51)61-35-16-12-29-56(61)57-30-13-17-36-62(57)67/h1-45H. The smallest absolute Gasteiger partial charge is 0.0726 e. The fourth-order valence-electron chi connectivity index (χ4n) is 11.5. The van der Waals surface area contributed by atoms with Gasteiger partial charge in [0.15, 0.2) is 0 Å². The van der Waals surface area contributed by atoms with E-state index < -0.39 is 5.41 Å². The van der Waals surface area contributed by atoms with Crippen molar-refractivity contribution in [3.05, 3.63) is 295 Å². The Morgan fingerprint density at radius 2 is 0.588 bits per heavy atom. The van der Waals surface area contributed by atoms with Crippen molar-refractivity contribution in [2.45, 2.75) is 5.41 Å². The van der Waals surface area contributed by atoms with Crippen molar-refractivity contribution in [3.63, 3.8) is 0 Å². The summed E-state index contributed by atoms with van der Waals surface area (Å²) in [4.78, 5) is 2.47. The fraction of sp³-hybridized carbons (Fsp3) is 0.0149. The van der Waals surface area contributed by atoms with Crippen molar-refractivity contribution in [3.8, 4) is 77.9 Å². The van der Waals surface area contributed by atoms with E-state index in [1.807, 2.05) is 0 Å². The topological polar surface area (TPSA) is 3.24 Å². The van der Waals surface area contributed by atoms with E-state index in [-0.39, 0.29) is 0 Å². The second kappa shape index (κ2) is 16.3. The van der Waals surface area contributed by atoms with Gasteiger partial charge in [0.1, 0.15) is 0 Å². The maximum Gasteiger partial charge on any atom is 0.0726 e. The molecule has 0 saturated carbocycles. The molecule has 2 aliphatic carbocycles. The maximum atomic E-state index is 2.49. The monoisotopic (exact) mass is 863 g/mol. The van der Waals surface area contributed by atoms with E-state index in [1.54, 1.807) is 0 Å². The van der Waals surface area contributed by atoms with Crippen LogP contribution >= 0.6 is 0 Å². The van der Waals surface area contributed by atoms with Crippen molar-refractivity contribution in [2.75, 3.05) is 4.90 Å². The molecule has 0 radical (unpaired) electrons. The van der Waals surface area contributed by atoms with Gasteiger partial charge in [0.05, 0.1) is 11.1 Å². The molecule has 2 aliphatic rings. The van der Waals surface area contributed by atoms with Gasteiger partial charge >= 0.3 is 0 Å². The molecule has 0 amide bonds. The molecule has 0 aromatic heterocycles. The van der Waals surface area contributed by atoms with Gasteiger partial charge in [0.25, 0.3) is 0 Å². The summed E-state index contributed by atoms with van der Waals surface area (Å²) < 4.78 is 0. The highest BCUT2D eigenvalue weighted by atomic mass is 15.1. The molecule has 0 unspecified atom stereocenters. The van der Waals surface area contributed by atoms with Crippen LogP contribution in [0.3, 0.4) is 0 Å². The van der Waals surface area contributed by atoms with Crippen LogP contribution in [0, 0.1) is 0 Å². The molecule has 0 N–H and O–H groups in total. The van der Waals surface area contributed by atoms with Crippen LogP contribution in [0.15, 0.2) is 273 Å². The summed E-state index contributed by atoms with van der Waals surface area (Å²) in [6, 6.07) is 100. The second-order valence-electron chi connectivity index (χ2n) is 17.9. The van der Waals surface area contributed by atoms with Crippen LogP contribution in [0.25, 0.3) is 77.9 Å². The summed E-state index contributed by atoms with van der Waals surface area (Å²) in [5.41, 5.74) is 25.3. The Balaban J connectivity index is 1.02. The summed E-state index contributed by atoms with van der Waals surface area (Å²) in [7, 11) is 0. The summed E-state index contributed by atoms with van der Waals surface area (Å²) >= 11 is 0. The Morgan fingerprint density at radius 1 is 0.221 bits per heavy atom. The first-order valence-electron chi connectivity index (χ1n) is 23.6. The van der Waals surface area contributed by atoms with Gasteiger partial charge in [-0.2, -0.15) is 0 Å². The highest BCUT2D eigenvalue weighted by Crippen LogP contribution is 2.63. The summed E-state index contributed by atoms with van der Waals surface area (Å²) in [5, 5.41) is 0. The minimum atomic E-state index is -0.459. The Labute approximate surface area is 398 Å². The average Bonchev–Trinajstić information content (AvgIpc) is 3.89. The zero-order valence-corrected chi connectivity index (χ0v) is 37.4. The van der Waals surface area contributed by atoms with Gasteiger partial charge in [0, 0.05) is 16.9 Å². The molecule has 0 atom stereocenters. The zero-order valence-electron chi connectivity index (χ0n) is 37.4. The molecule has 0 fully saturated rings. The van der Waals surface area contributed by atoms with Gasteiger partial charge in [0.2, 0.25) is 0 Å². The van der Waals surface area contributed by atoms with Crippen LogP contribution in [0.2, 0.25) is 0 Å². The van der Waals surface area contributed by atoms with Gasteiger partial charge < -0.3 is 4.90 Å². The Bertz CT molecular complexity index is 3600. The Morgan fingerprint density at radius 3 is 1.13 bits per heavy atom. The van der Waals surface area contributed by atoms with Gasteiger partial charge in [-0.1, -0.05) is 243 Å². The SMILES string of the molecule is c1ccc(-c2ccccc2-c2c(-c3ccccc3)cccc2-c2ccc(N(c3ccc4c(c3)C3(c5ccccc5-c5ccccc53)c3ccccc3-4)c3ccccc3-c3ccccc3)cc2)cc1. The normalized spacial score (nSPS) is 12.5. The molecule has 13 rings (SSSR count). The van der Waals surface area contributed by atoms with Crippen molar-refractivity contribution < 1.29 is 0 Å². The predicted octanol–water partition coefficient (Wildman–Crippen LogP) is 17.8. The van der Waals surface area contributed by atoms with E-state index in [9.17, 15) is 0 Å². The number of anilines is 3. The highest BCUT2D eigenvalue weighted by Gasteiger charge is 2.51. The number of hydrogen-bond acceptors (Lipinski definition) is 1. The summed E-state index contributed by atoms with van der Waals surface area (Å²) in [5.74, 6) is 0. The molecule has 0 aliphatic heterocycles. The molecule has 0 heterocycles. The van der Waals surface area contributed by atoms with Crippen LogP contribution in [0.1, 0.15) is 22.3 Å². The molecule has 1 nitrogen and oxygen atoms in total. The lowest BCUT2D eigenvalue weighted by atomic mass is 9.70. The second-order valence-corrected chi connectivity index (χ2v) is 17.9. The van der Waals surface area contributed by atoms with Crippen molar-refractivity contribution in [1.82, 2.24) is 0 Å². The van der Waals surface area contributed by atoms with Gasteiger partial charge in [-0.3, -0.25) is 0 Å². The van der Waals surface area contributed by atoms with Crippen LogP contribution in [0.5, 0.6) is 0 Å². The van der Waals surface area contributed by atoms with Gasteiger partial charge in [-0.15, -0.1) is 0 Å².